The maximum absolute atomic E-state index is 10.4. The van der Waals surface area contributed by atoms with Gasteiger partial charge < -0.3 is 5.11 Å². The molecule has 1 N–H and O–H groups in total. The predicted molar refractivity (Wildman–Crippen MR) is 56.9 cm³/mol. The highest BCUT2D eigenvalue weighted by Gasteiger charge is 1.95. The molecule has 0 saturated heterocycles. The summed E-state index contributed by atoms with van der Waals surface area (Å²) in [5, 5.41) is 8.58. The molecule has 0 unspecified atom stereocenters. The molecule has 1 aromatic rings. The molecule has 2 nitrogen and oxygen atoms in total. The summed E-state index contributed by atoms with van der Waals surface area (Å²) < 4.78 is 0. The van der Waals surface area contributed by atoms with E-state index in [0.717, 1.165) is 5.56 Å². The Morgan fingerprint density at radius 1 is 1.29 bits per heavy atom. The van der Waals surface area contributed by atoms with Gasteiger partial charge in [-0.15, -0.1) is 0 Å². The number of allylic oxidation sites excluding steroid dienone is 2. The van der Waals surface area contributed by atoms with Crippen LogP contribution in [0, 0.1) is 0 Å². The SMILES string of the molecule is C/C(=C\C=C\c1ccccc1)C(=O)O. The number of carbonyl (C=O) groups is 1. The molecule has 0 bridgehead atoms. The second-order valence-electron chi connectivity index (χ2n) is 2.92. The molecule has 1 aromatic carbocycles. The smallest absolute Gasteiger partial charge is 0.331 e. The highest BCUT2D eigenvalue weighted by molar-refractivity contribution is 5.86. The zero-order valence-electron chi connectivity index (χ0n) is 7.97. The number of carboxylic acid groups (broad SMARTS) is 1. The Hall–Kier alpha value is -1.83. The normalized spacial score (nSPS) is 11.9. The molecule has 0 amide bonds. The molecule has 1 rings (SSSR count). The van der Waals surface area contributed by atoms with Crippen molar-refractivity contribution in [2.45, 2.75) is 6.92 Å². The largest absolute Gasteiger partial charge is 0.478 e. The molecule has 0 aliphatic rings. The van der Waals surface area contributed by atoms with Gasteiger partial charge in [0.25, 0.3) is 0 Å². The molecular weight excluding hydrogens is 176 g/mol. The first kappa shape index (κ1) is 10.3. The fourth-order valence-electron chi connectivity index (χ4n) is 0.939. The number of aliphatic carboxylic acids is 1. The van der Waals surface area contributed by atoms with E-state index in [2.05, 4.69) is 0 Å². The Kier molecular flexibility index (Phi) is 3.68. The Balaban J connectivity index is 2.66. The highest BCUT2D eigenvalue weighted by atomic mass is 16.4. The van der Waals surface area contributed by atoms with Gasteiger partial charge in [0, 0.05) is 5.57 Å². The van der Waals surface area contributed by atoms with Crippen LogP contribution in [0.3, 0.4) is 0 Å². The van der Waals surface area contributed by atoms with Crippen LogP contribution in [0.15, 0.2) is 48.1 Å². The molecule has 14 heavy (non-hydrogen) atoms. The monoisotopic (exact) mass is 188 g/mol. The summed E-state index contributed by atoms with van der Waals surface area (Å²) in [5.41, 5.74) is 1.39. The van der Waals surface area contributed by atoms with Gasteiger partial charge in [-0.05, 0) is 12.5 Å². The van der Waals surface area contributed by atoms with Crippen LogP contribution < -0.4 is 0 Å². The van der Waals surface area contributed by atoms with Gasteiger partial charge in [0.1, 0.15) is 0 Å². The molecule has 0 saturated carbocycles. The first-order chi connectivity index (χ1) is 6.70. The molecule has 0 radical (unpaired) electrons. The predicted octanol–water partition coefficient (Wildman–Crippen LogP) is 2.73. The van der Waals surface area contributed by atoms with Crippen LogP contribution in [0.2, 0.25) is 0 Å². The standard InChI is InChI=1S/C12H12O2/c1-10(12(13)14)6-5-9-11-7-3-2-4-8-11/h2-9H,1H3,(H,13,14)/b9-5+,10-6+. The van der Waals surface area contributed by atoms with Gasteiger partial charge >= 0.3 is 5.97 Å². The molecule has 0 aliphatic carbocycles. The summed E-state index contributed by atoms with van der Waals surface area (Å²) in [6.07, 6.45) is 5.18. The molecule has 72 valence electrons. The van der Waals surface area contributed by atoms with Gasteiger partial charge in [-0.1, -0.05) is 48.6 Å². The van der Waals surface area contributed by atoms with Crippen LogP contribution in [0.25, 0.3) is 6.08 Å². The van der Waals surface area contributed by atoms with Gasteiger partial charge in [0.05, 0.1) is 0 Å². The molecule has 0 aliphatic heterocycles. The van der Waals surface area contributed by atoms with Crippen molar-refractivity contribution >= 4 is 12.0 Å². The zero-order valence-corrected chi connectivity index (χ0v) is 7.97. The lowest BCUT2D eigenvalue weighted by molar-refractivity contribution is -0.132. The second kappa shape index (κ2) is 5.02. The summed E-state index contributed by atoms with van der Waals surface area (Å²) in [6, 6.07) is 9.73. The van der Waals surface area contributed by atoms with Gasteiger partial charge in [-0.3, -0.25) is 0 Å². The van der Waals surface area contributed by atoms with Crippen molar-refractivity contribution in [3.63, 3.8) is 0 Å². The highest BCUT2D eigenvalue weighted by Crippen LogP contribution is 2.02. The van der Waals surface area contributed by atoms with Gasteiger partial charge in [-0.25, -0.2) is 4.79 Å². The molecule has 0 fully saturated rings. The quantitative estimate of drug-likeness (QED) is 0.585. The molecule has 0 atom stereocenters. The third kappa shape index (κ3) is 3.27. The molecule has 2 heteroatoms. The van der Waals surface area contributed by atoms with Crippen LogP contribution in [-0.4, -0.2) is 11.1 Å². The Bertz CT molecular complexity index is 361. The maximum Gasteiger partial charge on any atom is 0.331 e. The topological polar surface area (TPSA) is 37.3 Å². The van der Waals surface area contributed by atoms with E-state index < -0.39 is 5.97 Å². The minimum absolute atomic E-state index is 0.331. The number of hydrogen-bond donors (Lipinski definition) is 1. The zero-order chi connectivity index (χ0) is 10.4. The minimum atomic E-state index is -0.886. The van der Waals surface area contributed by atoms with Crippen LogP contribution in [0.5, 0.6) is 0 Å². The van der Waals surface area contributed by atoms with Gasteiger partial charge in [0.15, 0.2) is 0 Å². The van der Waals surface area contributed by atoms with Gasteiger partial charge in [-0.2, -0.15) is 0 Å². The molecular formula is C12H12O2. The van der Waals surface area contributed by atoms with Crippen molar-refractivity contribution in [3.8, 4) is 0 Å². The Morgan fingerprint density at radius 2 is 1.93 bits per heavy atom. The van der Waals surface area contributed by atoms with E-state index in [1.165, 1.54) is 0 Å². The first-order valence-corrected chi connectivity index (χ1v) is 4.33. The van der Waals surface area contributed by atoms with Crippen molar-refractivity contribution in [1.82, 2.24) is 0 Å². The van der Waals surface area contributed by atoms with E-state index in [4.69, 9.17) is 5.11 Å². The van der Waals surface area contributed by atoms with Crippen LogP contribution in [-0.2, 0) is 4.79 Å². The Morgan fingerprint density at radius 3 is 2.50 bits per heavy atom. The lowest BCUT2D eigenvalue weighted by Crippen LogP contribution is -1.94. The molecule has 0 aromatic heterocycles. The average molecular weight is 188 g/mol. The van der Waals surface area contributed by atoms with Crippen molar-refractivity contribution in [1.29, 1.82) is 0 Å². The third-order valence-corrected chi connectivity index (χ3v) is 1.77. The van der Waals surface area contributed by atoms with E-state index in [1.54, 1.807) is 19.1 Å². The van der Waals surface area contributed by atoms with Crippen molar-refractivity contribution < 1.29 is 9.90 Å². The molecule has 0 spiro atoms. The number of rotatable bonds is 3. The number of benzene rings is 1. The minimum Gasteiger partial charge on any atom is -0.478 e. The Labute approximate surface area is 83.2 Å². The van der Waals surface area contributed by atoms with E-state index in [1.807, 2.05) is 36.4 Å². The lowest BCUT2D eigenvalue weighted by Gasteiger charge is -1.90. The number of carboxylic acids is 1. The van der Waals surface area contributed by atoms with Crippen LogP contribution >= 0.6 is 0 Å². The number of hydrogen-bond acceptors (Lipinski definition) is 1. The summed E-state index contributed by atoms with van der Waals surface area (Å²) in [5.74, 6) is -0.886. The van der Waals surface area contributed by atoms with Crippen LogP contribution in [0.4, 0.5) is 0 Å². The summed E-state index contributed by atoms with van der Waals surface area (Å²) in [4.78, 5) is 10.4. The second-order valence-corrected chi connectivity index (χ2v) is 2.92. The van der Waals surface area contributed by atoms with Crippen LogP contribution in [0.1, 0.15) is 12.5 Å². The van der Waals surface area contributed by atoms with Crippen molar-refractivity contribution in [3.05, 3.63) is 53.6 Å². The maximum atomic E-state index is 10.4. The van der Waals surface area contributed by atoms with E-state index >= 15 is 0 Å². The van der Waals surface area contributed by atoms with E-state index in [-0.39, 0.29) is 0 Å². The summed E-state index contributed by atoms with van der Waals surface area (Å²) >= 11 is 0. The van der Waals surface area contributed by atoms with Crippen molar-refractivity contribution in [2.24, 2.45) is 0 Å². The molecule has 0 heterocycles. The fraction of sp³-hybridized carbons (Fsp3) is 0.0833. The first-order valence-electron chi connectivity index (χ1n) is 4.33. The summed E-state index contributed by atoms with van der Waals surface area (Å²) in [6.45, 7) is 1.57. The lowest BCUT2D eigenvalue weighted by atomic mass is 10.2. The third-order valence-electron chi connectivity index (χ3n) is 1.77. The fourth-order valence-corrected chi connectivity index (χ4v) is 0.939. The van der Waals surface area contributed by atoms with E-state index in [9.17, 15) is 4.79 Å². The van der Waals surface area contributed by atoms with Gasteiger partial charge in [0.2, 0.25) is 0 Å². The average Bonchev–Trinajstić information content (AvgIpc) is 2.19. The van der Waals surface area contributed by atoms with Crippen molar-refractivity contribution in [2.75, 3.05) is 0 Å². The van der Waals surface area contributed by atoms with E-state index in [0.29, 0.717) is 5.57 Å². The summed E-state index contributed by atoms with van der Waals surface area (Å²) in [7, 11) is 0.